The van der Waals surface area contributed by atoms with Crippen LogP contribution in [0.5, 0.6) is 0 Å². The number of benzene rings is 1. The Morgan fingerprint density at radius 3 is 2.81 bits per heavy atom. The SMILES string of the molecule is CN=CC1(c2ccc3cnn(-c4cc(C)nc(COC)n4)c3c2)CCC1. The van der Waals surface area contributed by atoms with Crippen LogP contribution in [0.2, 0.25) is 0 Å². The molecule has 1 fully saturated rings. The molecule has 4 rings (SSSR count). The summed E-state index contributed by atoms with van der Waals surface area (Å²) in [5.74, 6) is 1.43. The molecule has 0 atom stereocenters. The van der Waals surface area contributed by atoms with E-state index in [-0.39, 0.29) is 5.41 Å². The number of hydrogen-bond acceptors (Lipinski definition) is 5. The summed E-state index contributed by atoms with van der Waals surface area (Å²) in [6.45, 7) is 2.34. The third-order valence-electron chi connectivity index (χ3n) is 5.15. The third-order valence-corrected chi connectivity index (χ3v) is 5.15. The summed E-state index contributed by atoms with van der Waals surface area (Å²) >= 11 is 0. The van der Waals surface area contributed by atoms with Crippen molar-refractivity contribution in [3.05, 3.63) is 47.5 Å². The van der Waals surface area contributed by atoms with Crippen LogP contribution in [0.3, 0.4) is 0 Å². The summed E-state index contributed by atoms with van der Waals surface area (Å²) in [5.41, 5.74) is 3.32. The number of aryl methyl sites for hydroxylation is 1. The van der Waals surface area contributed by atoms with Crippen LogP contribution in [0, 0.1) is 6.92 Å². The van der Waals surface area contributed by atoms with Gasteiger partial charge in [0.2, 0.25) is 0 Å². The molecule has 3 aromatic rings. The lowest BCUT2D eigenvalue weighted by Gasteiger charge is -2.39. The van der Waals surface area contributed by atoms with Gasteiger partial charge in [-0.3, -0.25) is 4.99 Å². The van der Waals surface area contributed by atoms with Crippen LogP contribution in [-0.4, -0.2) is 40.1 Å². The van der Waals surface area contributed by atoms with Crippen molar-refractivity contribution in [3.8, 4) is 5.82 Å². The quantitative estimate of drug-likeness (QED) is 0.662. The van der Waals surface area contributed by atoms with Gasteiger partial charge in [-0.2, -0.15) is 5.10 Å². The van der Waals surface area contributed by atoms with Gasteiger partial charge in [0.05, 0.1) is 11.7 Å². The van der Waals surface area contributed by atoms with E-state index in [1.165, 1.54) is 12.0 Å². The average Bonchev–Trinajstić information content (AvgIpc) is 3.01. The number of aliphatic imine (C=N–C) groups is 1. The van der Waals surface area contributed by atoms with Crippen LogP contribution in [0.1, 0.15) is 36.3 Å². The van der Waals surface area contributed by atoms with Gasteiger partial charge in [0.15, 0.2) is 11.6 Å². The van der Waals surface area contributed by atoms with Crippen molar-refractivity contribution in [2.75, 3.05) is 14.2 Å². The number of rotatable bonds is 5. The van der Waals surface area contributed by atoms with Gasteiger partial charge in [0.1, 0.15) is 6.61 Å². The first-order chi connectivity index (χ1) is 12.6. The minimum absolute atomic E-state index is 0.0703. The molecule has 134 valence electrons. The second kappa shape index (κ2) is 6.61. The summed E-state index contributed by atoms with van der Waals surface area (Å²) in [6, 6.07) is 8.53. The Morgan fingerprint density at radius 2 is 2.12 bits per heavy atom. The predicted octanol–water partition coefficient (Wildman–Crippen LogP) is 3.39. The molecule has 1 aromatic carbocycles. The molecule has 26 heavy (non-hydrogen) atoms. The van der Waals surface area contributed by atoms with Crippen molar-refractivity contribution in [2.45, 2.75) is 38.2 Å². The van der Waals surface area contributed by atoms with E-state index < -0.39 is 0 Å². The van der Waals surface area contributed by atoms with Crippen LogP contribution in [0.25, 0.3) is 16.7 Å². The number of ether oxygens (including phenoxy) is 1. The Labute approximate surface area is 153 Å². The molecule has 0 bridgehead atoms. The molecule has 0 saturated heterocycles. The lowest BCUT2D eigenvalue weighted by atomic mass is 9.65. The van der Waals surface area contributed by atoms with Crippen molar-refractivity contribution in [1.29, 1.82) is 0 Å². The highest BCUT2D eigenvalue weighted by Crippen LogP contribution is 2.43. The minimum atomic E-state index is 0.0703. The van der Waals surface area contributed by atoms with Gasteiger partial charge in [-0.25, -0.2) is 14.6 Å². The Bertz CT molecular complexity index is 971. The standard InChI is InChI=1S/C20H23N5O/c1-14-9-19(24-18(23-14)12-26-3)25-17-10-16(6-5-15(17)11-22-25)20(13-21-2)7-4-8-20/h5-6,9-11,13H,4,7-8,12H2,1-3H3. The van der Waals surface area contributed by atoms with E-state index in [0.717, 1.165) is 35.3 Å². The first kappa shape index (κ1) is 16.8. The molecule has 1 aliphatic rings. The fraction of sp³-hybridized carbons (Fsp3) is 0.400. The fourth-order valence-corrected chi connectivity index (χ4v) is 3.72. The Balaban J connectivity index is 1.83. The maximum atomic E-state index is 5.19. The molecule has 2 aromatic heterocycles. The second-order valence-corrected chi connectivity index (χ2v) is 6.94. The Morgan fingerprint density at radius 1 is 1.27 bits per heavy atom. The summed E-state index contributed by atoms with van der Waals surface area (Å²) in [5, 5.41) is 5.67. The molecule has 1 aliphatic carbocycles. The minimum Gasteiger partial charge on any atom is -0.377 e. The molecule has 6 nitrogen and oxygen atoms in total. The largest absolute Gasteiger partial charge is 0.377 e. The van der Waals surface area contributed by atoms with Crippen LogP contribution in [0.15, 0.2) is 35.5 Å². The smallest absolute Gasteiger partial charge is 0.158 e. The monoisotopic (exact) mass is 349 g/mol. The average molecular weight is 349 g/mol. The van der Waals surface area contributed by atoms with E-state index in [9.17, 15) is 0 Å². The lowest BCUT2D eigenvalue weighted by molar-refractivity contribution is 0.177. The molecule has 0 spiro atoms. The van der Waals surface area contributed by atoms with Gasteiger partial charge in [0, 0.05) is 42.9 Å². The summed E-state index contributed by atoms with van der Waals surface area (Å²) in [6.07, 6.45) is 7.52. The molecule has 0 amide bonds. The normalized spacial score (nSPS) is 16.3. The maximum Gasteiger partial charge on any atom is 0.158 e. The van der Waals surface area contributed by atoms with Gasteiger partial charge in [0.25, 0.3) is 0 Å². The van der Waals surface area contributed by atoms with Crippen molar-refractivity contribution in [3.63, 3.8) is 0 Å². The van der Waals surface area contributed by atoms with E-state index in [2.05, 4.69) is 44.5 Å². The van der Waals surface area contributed by atoms with E-state index >= 15 is 0 Å². The van der Waals surface area contributed by atoms with Crippen molar-refractivity contribution in [1.82, 2.24) is 19.7 Å². The topological polar surface area (TPSA) is 65.2 Å². The van der Waals surface area contributed by atoms with E-state index in [1.807, 2.05) is 30.9 Å². The maximum absolute atomic E-state index is 5.19. The molecule has 0 unspecified atom stereocenters. The number of hydrogen-bond donors (Lipinski definition) is 0. The lowest BCUT2D eigenvalue weighted by Crippen LogP contribution is -2.35. The van der Waals surface area contributed by atoms with E-state index in [0.29, 0.717) is 12.4 Å². The van der Waals surface area contributed by atoms with Crippen molar-refractivity contribution >= 4 is 17.1 Å². The highest BCUT2D eigenvalue weighted by atomic mass is 16.5. The zero-order valence-electron chi connectivity index (χ0n) is 15.4. The molecule has 0 radical (unpaired) electrons. The van der Waals surface area contributed by atoms with Gasteiger partial charge >= 0.3 is 0 Å². The van der Waals surface area contributed by atoms with E-state index in [1.54, 1.807) is 7.11 Å². The third kappa shape index (κ3) is 2.80. The highest BCUT2D eigenvalue weighted by molar-refractivity contribution is 5.84. The Kier molecular flexibility index (Phi) is 4.28. The number of fused-ring (bicyclic) bond motifs is 1. The van der Waals surface area contributed by atoms with Crippen LogP contribution < -0.4 is 0 Å². The van der Waals surface area contributed by atoms with Crippen molar-refractivity contribution < 1.29 is 4.74 Å². The molecule has 6 heteroatoms. The zero-order valence-corrected chi connectivity index (χ0v) is 15.4. The zero-order chi connectivity index (χ0) is 18.1. The summed E-state index contributed by atoms with van der Waals surface area (Å²) < 4.78 is 7.08. The number of aromatic nitrogens is 4. The van der Waals surface area contributed by atoms with Gasteiger partial charge in [-0.1, -0.05) is 18.6 Å². The predicted molar refractivity (Wildman–Crippen MR) is 102 cm³/mol. The summed E-state index contributed by atoms with van der Waals surface area (Å²) in [7, 11) is 3.50. The number of nitrogens with zero attached hydrogens (tertiary/aromatic N) is 5. The highest BCUT2D eigenvalue weighted by Gasteiger charge is 2.37. The first-order valence-corrected chi connectivity index (χ1v) is 8.91. The first-order valence-electron chi connectivity index (χ1n) is 8.91. The summed E-state index contributed by atoms with van der Waals surface area (Å²) in [4.78, 5) is 13.4. The van der Waals surface area contributed by atoms with Crippen LogP contribution in [0.4, 0.5) is 0 Å². The van der Waals surface area contributed by atoms with Crippen molar-refractivity contribution in [2.24, 2.45) is 4.99 Å². The molecular formula is C20H23N5O. The van der Waals surface area contributed by atoms with E-state index in [4.69, 9.17) is 4.74 Å². The molecule has 0 N–H and O–H groups in total. The molecule has 1 saturated carbocycles. The molecule has 0 aliphatic heterocycles. The van der Waals surface area contributed by atoms with Crippen LogP contribution in [-0.2, 0) is 16.8 Å². The fourth-order valence-electron chi connectivity index (χ4n) is 3.72. The van der Waals surface area contributed by atoms with Gasteiger partial charge in [-0.15, -0.1) is 0 Å². The number of methoxy groups -OCH3 is 1. The van der Waals surface area contributed by atoms with Gasteiger partial charge in [-0.05, 0) is 31.4 Å². The molecule has 2 heterocycles. The van der Waals surface area contributed by atoms with Gasteiger partial charge < -0.3 is 4.74 Å². The second-order valence-electron chi connectivity index (χ2n) is 6.94. The Hall–Kier alpha value is -2.60. The van der Waals surface area contributed by atoms with Crippen LogP contribution >= 0.6 is 0 Å². The molecular weight excluding hydrogens is 326 g/mol.